The number of aromatic nitrogens is 1. The number of aryl methyl sites for hydroxylation is 1. The van der Waals surface area contributed by atoms with Gasteiger partial charge in [0.15, 0.2) is 11.5 Å². The van der Waals surface area contributed by atoms with Gasteiger partial charge in [0.2, 0.25) is 0 Å². The second-order valence-electron chi connectivity index (χ2n) is 3.79. The molecule has 1 aromatic carbocycles. The predicted octanol–water partition coefficient (Wildman–Crippen LogP) is 2.60. The van der Waals surface area contributed by atoms with Crippen LogP contribution in [0.5, 0.6) is 11.5 Å². The molecule has 0 atom stereocenters. The van der Waals surface area contributed by atoms with Crippen LogP contribution in [0.25, 0.3) is 10.9 Å². The van der Waals surface area contributed by atoms with Crippen LogP contribution in [0.1, 0.15) is 5.69 Å². The summed E-state index contributed by atoms with van der Waals surface area (Å²) >= 11 is 0. The zero-order chi connectivity index (χ0) is 12.4. The first-order chi connectivity index (χ1) is 8.19. The second kappa shape index (κ2) is 4.49. The third-order valence-corrected chi connectivity index (χ3v) is 2.71. The highest BCUT2D eigenvalue weighted by Crippen LogP contribution is 2.34. The lowest BCUT2D eigenvalue weighted by molar-refractivity contribution is 0.356. The largest absolute Gasteiger partial charge is 0.493 e. The summed E-state index contributed by atoms with van der Waals surface area (Å²) in [6, 6.07) is 5.84. The lowest BCUT2D eigenvalue weighted by atomic mass is 10.1. The Hall–Kier alpha value is -1.97. The lowest BCUT2D eigenvalue weighted by Crippen LogP contribution is -1.96. The maximum atomic E-state index is 5.29. The number of anilines is 1. The predicted molar refractivity (Wildman–Crippen MR) is 69.1 cm³/mol. The van der Waals surface area contributed by atoms with Gasteiger partial charge in [-0.1, -0.05) is 0 Å². The van der Waals surface area contributed by atoms with Crippen LogP contribution < -0.4 is 14.8 Å². The molecule has 0 unspecified atom stereocenters. The molecule has 90 valence electrons. The van der Waals surface area contributed by atoms with Crippen molar-refractivity contribution in [1.29, 1.82) is 0 Å². The molecule has 1 aromatic heterocycles. The van der Waals surface area contributed by atoms with Crippen LogP contribution >= 0.6 is 0 Å². The number of nitrogens with one attached hydrogen (secondary N) is 1. The van der Waals surface area contributed by atoms with E-state index in [1.165, 1.54) is 0 Å². The van der Waals surface area contributed by atoms with Crippen molar-refractivity contribution >= 4 is 16.6 Å². The van der Waals surface area contributed by atoms with Gasteiger partial charge >= 0.3 is 0 Å². The van der Waals surface area contributed by atoms with Gasteiger partial charge < -0.3 is 14.8 Å². The first-order valence-corrected chi connectivity index (χ1v) is 5.40. The zero-order valence-corrected chi connectivity index (χ0v) is 10.5. The van der Waals surface area contributed by atoms with Crippen LogP contribution in [0.4, 0.5) is 5.69 Å². The van der Waals surface area contributed by atoms with E-state index in [-0.39, 0.29) is 0 Å². The molecule has 2 aromatic rings. The van der Waals surface area contributed by atoms with Gasteiger partial charge in [0.25, 0.3) is 0 Å². The highest BCUT2D eigenvalue weighted by atomic mass is 16.5. The van der Waals surface area contributed by atoms with Crippen LogP contribution in [0.15, 0.2) is 18.2 Å². The van der Waals surface area contributed by atoms with E-state index < -0.39 is 0 Å². The minimum Gasteiger partial charge on any atom is -0.493 e. The molecule has 0 saturated heterocycles. The number of fused-ring (bicyclic) bond motifs is 1. The van der Waals surface area contributed by atoms with Crippen molar-refractivity contribution in [2.75, 3.05) is 26.6 Å². The highest BCUT2D eigenvalue weighted by Gasteiger charge is 2.09. The van der Waals surface area contributed by atoms with Gasteiger partial charge in [-0.3, -0.25) is 4.98 Å². The quantitative estimate of drug-likeness (QED) is 0.883. The molecular formula is C13H16N2O2. The summed E-state index contributed by atoms with van der Waals surface area (Å²) in [4.78, 5) is 4.49. The zero-order valence-electron chi connectivity index (χ0n) is 10.5. The fourth-order valence-electron chi connectivity index (χ4n) is 1.89. The van der Waals surface area contributed by atoms with E-state index in [4.69, 9.17) is 9.47 Å². The number of nitrogens with zero attached hydrogens (tertiary/aromatic N) is 1. The van der Waals surface area contributed by atoms with Crippen molar-refractivity contribution in [2.24, 2.45) is 0 Å². The molecule has 0 spiro atoms. The molecular weight excluding hydrogens is 216 g/mol. The van der Waals surface area contributed by atoms with Gasteiger partial charge in [0.1, 0.15) is 0 Å². The first-order valence-electron chi connectivity index (χ1n) is 5.40. The maximum absolute atomic E-state index is 5.29. The van der Waals surface area contributed by atoms with E-state index in [9.17, 15) is 0 Å². The number of hydrogen-bond acceptors (Lipinski definition) is 4. The molecule has 0 aliphatic carbocycles. The number of methoxy groups -OCH3 is 2. The first kappa shape index (κ1) is 11.5. The third kappa shape index (κ3) is 1.98. The maximum Gasteiger partial charge on any atom is 0.162 e. The normalized spacial score (nSPS) is 10.4. The minimum absolute atomic E-state index is 0.695. The standard InChI is InChI=1S/C13H16N2O2/c1-8-5-10(14-2)9-6-12(16-3)13(17-4)7-11(9)15-8/h5-7H,1-4H3,(H,14,15). The molecule has 4 heteroatoms. The topological polar surface area (TPSA) is 43.4 Å². The molecule has 0 aliphatic rings. The van der Waals surface area contributed by atoms with E-state index in [0.29, 0.717) is 11.5 Å². The SMILES string of the molecule is CNc1cc(C)nc2cc(OC)c(OC)cc12. The Balaban J connectivity index is 2.77. The van der Waals surface area contributed by atoms with Crippen molar-refractivity contribution in [3.8, 4) is 11.5 Å². The number of ether oxygens (including phenoxy) is 2. The van der Waals surface area contributed by atoms with E-state index >= 15 is 0 Å². The number of benzene rings is 1. The molecule has 0 aliphatic heterocycles. The Morgan fingerprint density at radius 1 is 1.06 bits per heavy atom. The van der Waals surface area contributed by atoms with Gasteiger partial charge in [-0.2, -0.15) is 0 Å². The minimum atomic E-state index is 0.695. The Morgan fingerprint density at radius 3 is 2.29 bits per heavy atom. The Labute approximate surface area is 101 Å². The fraction of sp³-hybridized carbons (Fsp3) is 0.308. The summed E-state index contributed by atoms with van der Waals surface area (Å²) in [6.07, 6.45) is 0. The summed E-state index contributed by atoms with van der Waals surface area (Å²) < 4.78 is 10.6. The van der Waals surface area contributed by atoms with Crippen LogP contribution in [-0.2, 0) is 0 Å². The summed E-state index contributed by atoms with van der Waals surface area (Å²) in [6.45, 7) is 1.97. The third-order valence-electron chi connectivity index (χ3n) is 2.71. The van der Waals surface area contributed by atoms with Gasteiger partial charge in [-0.05, 0) is 19.1 Å². The Morgan fingerprint density at radius 2 is 1.71 bits per heavy atom. The summed E-state index contributed by atoms with van der Waals surface area (Å²) in [7, 11) is 5.15. The molecule has 1 N–H and O–H groups in total. The monoisotopic (exact) mass is 232 g/mol. The molecule has 4 nitrogen and oxygen atoms in total. The van der Waals surface area contributed by atoms with Gasteiger partial charge in [0, 0.05) is 29.9 Å². The highest BCUT2D eigenvalue weighted by molar-refractivity contribution is 5.93. The molecule has 17 heavy (non-hydrogen) atoms. The second-order valence-corrected chi connectivity index (χ2v) is 3.79. The van der Waals surface area contributed by atoms with E-state index in [1.54, 1.807) is 14.2 Å². The lowest BCUT2D eigenvalue weighted by Gasteiger charge is -2.12. The Kier molecular flexibility index (Phi) is 3.04. The average Bonchev–Trinajstić information content (AvgIpc) is 2.35. The summed E-state index contributed by atoms with van der Waals surface area (Å²) in [5.41, 5.74) is 2.90. The van der Waals surface area contributed by atoms with Crippen LogP contribution in [0, 0.1) is 6.92 Å². The van der Waals surface area contributed by atoms with Crippen LogP contribution in [0.2, 0.25) is 0 Å². The van der Waals surface area contributed by atoms with E-state index in [0.717, 1.165) is 22.3 Å². The van der Waals surface area contributed by atoms with Gasteiger partial charge in [0.05, 0.1) is 19.7 Å². The number of pyridine rings is 1. The van der Waals surface area contributed by atoms with E-state index in [1.807, 2.05) is 32.2 Å². The molecule has 0 bridgehead atoms. The smallest absolute Gasteiger partial charge is 0.162 e. The van der Waals surface area contributed by atoms with Crippen LogP contribution in [-0.4, -0.2) is 26.3 Å². The number of hydrogen-bond donors (Lipinski definition) is 1. The van der Waals surface area contributed by atoms with Crippen molar-refractivity contribution < 1.29 is 9.47 Å². The van der Waals surface area contributed by atoms with Crippen molar-refractivity contribution in [3.05, 3.63) is 23.9 Å². The molecule has 0 fully saturated rings. The Bertz CT molecular complexity index is 553. The average molecular weight is 232 g/mol. The van der Waals surface area contributed by atoms with Crippen LogP contribution in [0.3, 0.4) is 0 Å². The summed E-state index contributed by atoms with van der Waals surface area (Å²) in [5, 5.41) is 4.19. The van der Waals surface area contributed by atoms with Crippen molar-refractivity contribution in [3.63, 3.8) is 0 Å². The molecule has 0 saturated carbocycles. The van der Waals surface area contributed by atoms with Gasteiger partial charge in [-0.15, -0.1) is 0 Å². The molecule has 2 rings (SSSR count). The number of rotatable bonds is 3. The fourth-order valence-corrected chi connectivity index (χ4v) is 1.89. The van der Waals surface area contributed by atoms with Gasteiger partial charge in [-0.25, -0.2) is 0 Å². The van der Waals surface area contributed by atoms with Crippen molar-refractivity contribution in [2.45, 2.75) is 6.92 Å². The van der Waals surface area contributed by atoms with E-state index in [2.05, 4.69) is 10.3 Å². The molecule has 0 amide bonds. The summed E-state index contributed by atoms with van der Waals surface area (Å²) in [5.74, 6) is 1.40. The molecule has 1 heterocycles. The van der Waals surface area contributed by atoms with Crippen molar-refractivity contribution in [1.82, 2.24) is 4.98 Å². The molecule has 0 radical (unpaired) electrons.